The van der Waals surface area contributed by atoms with E-state index in [0.717, 1.165) is 21.9 Å². The van der Waals surface area contributed by atoms with Gasteiger partial charge in [0.2, 0.25) is 11.8 Å². The number of alkyl halides is 2. The van der Waals surface area contributed by atoms with Gasteiger partial charge in [0.05, 0.1) is 23.2 Å². The molecule has 45 heavy (non-hydrogen) atoms. The Hall–Kier alpha value is -4.03. The van der Waals surface area contributed by atoms with Crippen LogP contribution in [0.1, 0.15) is 24.3 Å². The predicted octanol–water partition coefficient (Wildman–Crippen LogP) is 2.98. The smallest absolute Gasteiger partial charge is 0.488 e. The second kappa shape index (κ2) is 10.2. The number of rotatable bonds is 4. The molecule has 0 spiro atoms. The van der Waals surface area contributed by atoms with Gasteiger partial charge in [-0.3, -0.25) is 24.1 Å². The van der Waals surface area contributed by atoms with Crippen LogP contribution in [0.3, 0.4) is 0 Å². The molecule has 3 N–H and O–H groups in total. The van der Waals surface area contributed by atoms with Gasteiger partial charge in [-0.05, 0) is 66.7 Å². The molecule has 228 valence electrons. The average Bonchev–Trinajstić information content (AvgIpc) is 3.36. The lowest BCUT2D eigenvalue weighted by atomic mass is 9.56. The van der Waals surface area contributed by atoms with E-state index < -0.39 is 70.0 Å². The first-order chi connectivity index (χ1) is 21.4. The highest BCUT2D eigenvalue weighted by atomic mass is 35.5. The lowest BCUT2D eigenvalue weighted by Crippen LogP contribution is -2.60. The van der Waals surface area contributed by atoms with E-state index in [1.165, 1.54) is 42.5 Å². The van der Waals surface area contributed by atoms with Crippen LogP contribution in [0.25, 0.3) is 0 Å². The van der Waals surface area contributed by atoms with Gasteiger partial charge in [-0.2, -0.15) is 0 Å². The summed E-state index contributed by atoms with van der Waals surface area (Å²) in [5.74, 6) is -7.43. The maximum Gasteiger partial charge on any atom is 0.488 e. The zero-order valence-corrected chi connectivity index (χ0v) is 24.8. The molecule has 2 aliphatic heterocycles. The molecule has 6 unspecified atom stereocenters. The Bertz CT molecular complexity index is 1840. The van der Waals surface area contributed by atoms with Gasteiger partial charge in [0.25, 0.3) is 11.8 Å². The summed E-state index contributed by atoms with van der Waals surface area (Å²) in [6.07, 6.45) is 1.57. The van der Waals surface area contributed by atoms with Gasteiger partial charge in [-0.25, -0.2) is 9.29 Å². The normalized spacial score (nSPS) is 30.6. The molecule has 2 heterocycles. The summed E-state index contributed by atoms with van der Waals surface area (Å²) in [7, 11) is -1.83. The summed E-state index contributed by atoms with van der Waals surface area (Å²) in [5, 5.41) is 30.4. The molecule has 1 saturated carbocycles. The molecule has 3 fully saturated rings. The number of allylic oxidation sites excluding steroid dienone is 2. The van der Waals surface area contributed by atoms with E-state index in [1.807, 2.05) is 0 Å². The molecule has 6 atom stereocenters. The third-order valence-corrected chi connectivity index (χ3v) is 11.0. The van der Waals surface area contributed by atoms with Gasteiger partial charge < -0.3 is 15.2 Å². The quantitative estimate of drug-likeness (QED) is 0.171. The number of phenolic OH excluding ortho intramolecular Hbond substituents is 1. The second-order valence-corrected chi connectivity index (χ2v) is 13.0. The lowest BCUT2D eigenvalue weighted by molar-refractivity contribution is -0.125. The van der Waals surface area contributed by atoms with Gasteiger partial charge in [0.15, 0.2) is 9.75 Å². The van der Waals surface area contributed by atoms with Crippen molar-refractivity contribution in [2.24, 2.45) is 17.8 Å². The number of benzene rings is 3. The molecule has 0 radical (unpaired) electrons. The van der Waals surface area contributed by atoms with E-state index >= 15 is 0 Å². The fraction of sp³-hybridized carbons (Fsp3) is 0.250. The van der Waals surface area contributed by atoms with Crippen LogP contribution in [-0.4, -0.2) is 55.7 Å². The second-order valence-electron chi connectivity index (χ2n) is 11.8. The number of aromatic hydroxyl groups is 1. The van der Waals surface area contributed by atoms with Crippen molar-refractivity contribution < 1.29 is 38.7 Å². The first-order valence-corrected chi connectivity index (χ1v) is 15.0. The Morgan fingerprint density at radius 3 is 2.22 bits per heavy atom. The summed E-state index contributed by atoms with van der Waals surface area (Å²) in [4.78, 5) is 54.0. The Morgan fingerprint density at radius 1 is 0.822 bits per heavy atom. The molecular formula is C32H24BCl2FN2O7. The van der Waals surface area contributed by atoms with E-state index in [4.69, 9.17) is 23.2 Å². The van der Waals surface area contributed by atoms with Crippen molar-refractivity contribution in [3.63, 3.8) is 0 Å². The minimum Gasteiger partial charge on any atom is -0.508 e. The van der Waals surface area contributed by atoms with Crippen molar-refractivity contribution in [2.45, 2.75) is 28.5 Å². The Morgan fingerprint density at radius 2 is 1.53 bits per heavy atom. The number of fused-ring (bicyclic) bond motifs is 4. The van der Waals surface area contributed by atoms with Crippen molar-refractivity contribution in [1.29, 1.82) is 0 Å². The van der Waals surface area contributed by atoms with Crippen molar-refractivity contribution in [3.8, 4) is 5.75 Å². The van der Waals surface area contributed by atoms with E-state index in [-0.39, 0.29) is 41.0 Å². The maximum atomic E-state index is 14.3. The SMILES string of the molecule is O=C1C2CC=C3C(CC4(Cl)C(=O)N(c5ccc(F)cc5)C(=O)C4(Cl)C3c3ccccc3O)C2C(=O)N1c1cccc(B(O)O)c1. The van der Waals surface area contributed by atoms with Crippen molar-refractivity contribution in [2.75, 3.05) is 9.80 Å². The zero-order valence-electron chi connectivity index (χ0n) is 23.3. The van der Waals surface area contributed by atoms with Crippen molar-refractivity contribution in [1.82, 2.24) is 0 Å². The number of hydrogen-bond donors (Lipinski definition) is 3. The lowest BCUT2D eigenvalue weighted by Gasteiger charge is -2.50. The largest absolute Gasteiger partial charge is 0.508 e. The topological polar surface area (TPSA) is 135 Å². The van der Waals surface area contributed by atoms with Crippen LogP contribution < -0.4 is 15.3 Å². The van der Waals surface area contributed by atoms with Crippen LogP contribution in [0.15, 0.2) is 84.4 Å². The van der Waals surface area contributed by atoms with Gasteiger partial charge >= 0.3 is 7.12 Å². The average molecular weight is 649 g/mol. The van der Waals surface area contributed by atoms with Crippen LogP contribution in [0.4, 0.5) is 15.8 Å². The number of amides is 4. The molecule has 9 nitrogen and oxygen atoms in total. The summed E-state index contributed by atoms with van der Waals surface area (Å²) < 4.78 is 13.8. The van der Waals surface area contributed by atoms with Crippen LogP contribution >= 0.6 is 23.2 Å². The predicted molar refractivity (Wildman–Crippen MR) is 163 cm³/mol. The minimum absolute atomic E-state index is 0.0518. The summed E-state index contributed by atoms with van der Waals surface area (Å²) >= 11 is 14.6. The molecule has 2 aliphatic carbocycles. The van der Waals surface area contributed by atoms with Crippen molar-refractivity contribution in [3.05, 3.63) is 95.8 Å². The van der Waals surface area contributed by atoms with Gasteiger partial charge in [0.1, 0.15) is 11.6 Å². The minimum atomic E-state index is -2.16. The molecular weight excluding hydrogens is 625 g/mol. The third-order valence-electron chi connectivity index (χ3n) is 9.57. The van der Waals surface area contributed by atoms with Crippen molar-refractivity contribution >= 4 is 70.8 Å². The first-order valence-electron chi connectivity index (χ1n) is 14.2. The van der Waals surface area contributed by atoms with Gasteiger partial charge in [-0.15, -0.1) is 23.2 Å². The van der Waals surface area contributed by atoms with Gasteiger partial charge in [-0.1, -0.05) is 42.0 Å². The van der Waals surface area contributed by atoms with E-state index in [0.29, 0.717) is 5.57 Å². The number of carbonyl (C=O) groups excluding carboxylic acids is 4. The number of para-hydroxylation sites is 1. The Balaban J connectivity index is 1.38. The molecule has 7 rings (SSSR count). The fourth-order valence-electron chi connectivity index (χ4n) is 7.55. The standard InChI is InChI=1S/C32H24BCl2FN2O7/c34-31-15-23-20(12-13-22-25(23)28(41)37(27(22)40)19-5-3-4-16(14-19)33(44)45)26(21-6-1-2-7-24(21)39)32(31,35)30(43)38(29(31)42)18-10-8-17(36)9-11-18/h1-12,14,22-23,25-26,39,44-45H,13,15H2. The van der Waals surface area contributed by atoms with Gasteiger partial charge in [0, 0.05) is 11.5 Å². The molecule has 3 aromatic carbocycles. The molecule has 2 saturated heterocycles. The highest BCUT2D eigenvalue weighted by Crippen LogP contribution is 2.66. The number of imide groups is 2. The number of hydrogen-bond acceptors (Lipinski definition) is 7. The number of phenols is 1. The van der Waals surface area contributed by atoms with E-state index in [1.54, 1.807) is 24.3 Å². The van der Waals surface area contributed by atoms with Crippen LogP contribution in [0.5, 0.6) is 5.75 Å². The monoisotopic (exact) mass is 648 g/mol. The Kier molecular flexibility index (Phi) is 6.76. The molecule has 3 aromatic rings. The highest BCUT2D eigenvalue weighted by Gasteiger charge is 2.76. The summed E-state index contributed by atoms with van der Waals surface area (Å²) in [5.41, 5.74) is 1.00. The van der Waals surface area contributed by atoms with Crippen LogP contribution in [0, 0.1) is 23.6 Å². The molecule has 0 bridgehead atoms. The third kappa shape index (κ3) is 4.00. The van der Waals surface area contributed by atoms with E-state index in [2.05, 4.69) is 0 Å². The highest BCUT2D eigenvalue weighted by molar-refractivity contribution is 6.59. The molecule has 0 aromatic heterocycles. The maximum absolute atomic E-state index is 14.3. The van der Waals surface area contributed by atoms with Crippen LogP contribution in [0.2, 0.25) is 0 Å². The summed E-state index contributed by atoms with van der Waals surface area (Å²) in [6.45, 7) is 0. The molecule has 13 heteroatoms. The zero-order chi connectivity index (χ0) is 32.0. The summed E-state index contributed by atoms with van der Waals surface area (Å²) in [6, 6.07) is 16.7. The number of anilines is 2. The fourth-order valence-corrected chi connectivity index (χ4v) is 8.48. The first kappa shape index (κ1) is 29.7. The van der Waals surface area contributed by atoms with E-state index in [9.17, 15) is 38.7 Å². The number of halogens is 3. The molecule has 4 amide bonds. The molecule has 4 aliphatic rings. The number of nitrogens with zero attached hydrogens (tertiary/aromatic N) is 2. The Labute approximate surface area is 266 Å². The van der Waals surface area contributed by atoms with Crippen LogP contribution in [-0.2, 0) is 19.2 Å². The number of carbonyl (C=O) groups is 4.